The van der Waals surface area contributed by atoms with E-state index in [1.165, 1.54) is 37.4 Å². The van der Waals surface area contributed by atoms with Crippen molar-refractivity contribution in [2.75, 3.05) is 38.2 Å². The second-order valence-corrected chi connectivity index (χ2v) is 8.65. The first-order chi connectivity index (χ1) is 18.2. The van der Waals surface area contributed by atoms with E-state index in [9.17, 15) is 14.0 Å². The summed E-state index contributed by atoms with van der Waals surface area (Å²) >= 11 is 0. The molecule has 1 fully saturated rings. The first-order valence-electron chi connectivity index (χ1n) is 11.5. The highest BCUT2D eigenvalue weighted by atomic mass is 19.1. The second-order valence-electron chi connectivity index (χ2n) is 8.65. The molecule has 1 amide bonds. The van der Waals surface area contributed by atoms with E-state index in [0.717, 1.165) is 0 Å². The van der Waals surface area contributed by atoms with Gasteiger partial charge in [-0.25, -0.2) is 19.3 Å². The molecule has 0 saturated carbocycles. The lowest BCUT2D eigenvalue weighted by Crippen LogP contribution is -2.56. The highest BCUT2D eigenvalue weighted by Crippen LogP contribution is 2.39. The van der Waals surface area contributed by atoms with Gasteiger partial charge in [-0.3, -0.25) is 9.59 Å². The smallest absolute Gasteiger partial charge is 0.317 e. The van der Waals surface area contributed by atoms with Crippen molar-refractivity contribution in [1.82, 2.24) is 19.9 Å². The summed E-state index contributed by atoms with van der Waals surface area (Å²) in [5.41, 5.74) is 11.5. The number of carbonyl (C=O) groups excluding carboxylic acids is 2. The molecule has 4 rings (SSSR count). The molecule has 0 unspecified atom stereocenters. The Morgan fingerprint density at radius 1 is 1.24 bits per heavy atom. The zero-order chi connectivity index (χ0) is 27.3. The summed E-state index contributed by atoms with van der Waals surface area (Å²) in [7, 11) is 0. The minimum absolute atomic E-state index is 0.109. The van der Waals surface area contributed by atoms with Crippen LogP contribution in [0.2, 0.25) is 0 Å². The van der Waals surface area contributed by atoms with Crippen LogP contribution < -0.4 is 16.8 Å². The number of nitriles is 1. The summed E-state index contributed by atoms with van der Waals surface area (Å²) in [5.74, 6) is -4.20. The Labute approximate surface area is 216 Å². The van der Waals surface area contributed by atoms with E-state index in [2.05, 4.69) is 25.3 Å². The molecule has 3 aromatic rings. The Hall–Kier alpha value is -4.45. The highest BCUT2D eigenvalue weighted by Gasteiger charge is 2.54. The van der Waals surface area contributed by atoms with Gasteiger partial charge in [0.05, 0.1) is 30.3 Å². The van der Waals surface area contributed by atoms with Gasteiger partial charge in [0.2, 0.25) is 5.95 Å². The van der Waals surface area contributed by atoms with Crippen LogP contribution in [0, 0.1) is 22.6 Å². The SMILES string of the molecule is CC1(C(=O)OCC#N)COC(C(N)=O)(c2nc(-c3ccc(F)cc3)c(-c3ccnc(NCCN)n3)[nH]2)OC1. The largest absolute Gasteiger partial charge is 0.450 e. The molecule has 1 aliphatic rings. The van der Waals surface area contributed by atoms with Gasteiger partial charge in [0.1, 0.15) is 17.3 Å². The number of benzene rings is 1. The van der Waals surface area contributed by atoms with Crippen molar-refractivity contribution in [3.63, 3.8) is 0 Å². The second kappa shape index (κ2) is 10.9. The van der Waals surface area contributed by atoms with E-state index >= 15 is 0 Å². The third-order valence-corrected chi connectivity index (χ3v) is 5.75. The fraction of sp³-hybridized carbons (Fsp3) is 0.333. The number of primary amides is 1. The topological polar surface area (TPSA) is 204 Å². The molecule has 198 valence electrons. The van der Waals surface area contributed by atoms with E-state index in [4.69, 9.17) is 30.9 Å². The zero-order valence-electron chi connectivity index (χ0n) is 20.4. The normalized spacial score (nSPS) is 20.9. The van der Waals surface area contributed by atoms with Gasteiger partial charge in [-0.2, -0.15) is 5.26 Å². The van der Waals surface area contributed by atoms with Crippen molar-refractivity contribution in [2.45, 2.75) is 12.7 Å². The fourth-order valence-electron chi connectivity index (χ4n) is 3.69. The molecule has 0 radical (unpaired) electrons. The number of nitrogens with one attached hydrogen (secondary N) is 2. The molecule has 2 aromatic heterocycles. The van der Waals surface area contributed by atoms with Crippen molar-refractivity contribution in [3.05, 3.63) is 48.2 Å². The van der Waals surface area contributed by atoms with E-state index < -0.39 is 35.5 Å². The molecule has 0 bridgehead atoms. The number of ether oxygens (including phenoxy) is 3. The molecule has 3 heterocycles. The maximum absolute atomic E-state index is 13.7. The Bertz CT molecular complexity index is 1360. The summed E-state index contributed by atoms with van der Waals surface area (Å²) in [6.07, 6.45) is 1.52. The van der Waals surface area contributed by atoms with Gasteiger partial charge in [0.25, 0.3) is 5.91 Å². The zero-order valence-corrected chi connectivity index (χ0v) is 20.4. The van der Waals surface area contributed by atoms with Crippen LogP contribution in [0.3, 0.4) is 0 Å². The number of aromatic nitrogens is 4. The lowest BCUT2D eigenvalue weighted by molar-refractivity contribution is -0.293. The molecule has 1 aliphatic heterocycles. The molecule has 6 N–H and O–H groups in total. The molecular weight excluding hydrogens is 499 g/mol. The number of amides is 1. The summed E-state index contributed by atoms with van der Waals surface area (Å²) in [4.78, 5) is 41.3. The van der Waals surface area contributed by atoms with Crippen LogP contribution in [0.4, 0.5) is 10.3 Å². The van der Waals surface area contributed by atoms with Crippen LogP contribution in [-0.4, -0.2) is 64.7 Å². The Kier molecular flexibility index (Phi) is 7.62. The van der Waals surface area contributed by atoms with Crippen LogP contribution in [-0.2, 0) is 29.6 Å². The van der Waals surface area contributed by atoms with Crippen molar-refractivity contribution >= 4 is 17.8 Å². The summed E-state index contributed by atoms with van der Waals surface area (Å²) in [5, 5.41) is 11.7. The maximum Gasteiger partial charge on any atom is 0.317 e. The van der Waals surface area contributed by atoms with Crippen molar-refractivity contribution in [1.29, 1.82) is 5.26 Å². The number of anilines is 1. The molecule has 1 aromatic carbocycles. The van der Waals surface area contributed by atoms with Gasteiger partial charge < -0.3 is 36.0 Å². The van der Waals surface area contributed by atoms with Crippen LogP contribution in [0.5, 0.6) is 0 Å². The molecule has 38 heavy (non-hydrogen) atoms. The number of esters is 1. The van der Waals surface area contributed by atoms with Gasteiger partial charge in [-0.1, -0.05) is 0 Å². The number of aromatic amines is 1. The third kappa shape index (κ3) is 5.16. The van der Waals surface area contributed by atoms with E-state index in [-0.39, 0.29) is 19.0 Å². The monoisotopic (exact) mass is 524 g/mol. The fourth-order valence-corrected chi connectivity index (χ4v) is 3.69. The Morgan fingerprint density at radius 3 is 2.58 bits per heavy atom. The van der Waals surface area contributed by atoms with E-state index in [1.807, 2.05) is 0 Å². The minimum atomic E-state index is -2.18. The number of H-pyrrole nitrogens is 1. The Balaban J connectivity index is 1.76. The van der Waals surface area contributed by atoms with Gasteiger partial charge in [0, 0.05) is 24.8 Å². The van der Waals surface area contributed by atoms with Gasteiger partial charge in [-0.05, 0) is 37.3 Å². The summed E-state index contributed by atoms with van der Waals surface area (Å²) in [6, 6.07) is 8.87. The first kappa shape index (κ1) is 26.6. The first-order valence-corrected chi connectivity index (χ1v) is 11.5. The number of nitrogens with two attached hydrogens (primary N) is 2. The number of halogens is 1. The summed E-state index contributed by atoms with van der Waals surface area (Å²) in [6.45, 7) is 1.22. The number of imidazole rings is 1. The van der Waals surface area contributed by atoms with Crippen molar-refractivity contribution < 1.29 is 28.2 Å². The average molecular weight is 525 g/mol. The highest BCUT2D eigenvalue weighted by molar-refractivity contribution is 5.85. The minimum Gasteiger partial charge on any atom is -0.450 e. The molecule has 13 nitrogen and oxygen atoms in total. The van der Waals surface area contributed by atoms with Gasteiger partial charge in [0.15, 0.2) is 12.4 Å². The number of carbonyl (C=O) groups is 2. The third-order valence-electron chi connectivity index (χ3n) is 5.75. The lowest BCUT2D eigenvalue weighted by Gasteiger charge is -2.40. The van der Waals surface area contributed by atoms with E-state index in [1.54, 1.807) is 12.1 Å². The number of rotatable bonds is 9. The molecule has 14 heteroatoms. The van der Waals surface area contributed by atoms with Crippen LogP contribution in [0.25, 0.3) is 22.6 Å². The van der Waals surface area contributed by atoms with Gasteiger partial charge >= 0.3 is 11.8 Å². The van der Waals surface area contributed by atoms with Crippen LogP contribution in [0.1, 0.15) is 12.7 Å². The van der Waals surface area contributed by atoms with Gasteiger partial charge in [-0.15, -0.1) is 0 Å². The lowest BCUT2D eigenvalue weighted by atomic mass is 9.91. The molecule has 1 saturated heterocycles. The van der Waals surface area contributed by atoms with Crippen molar-refractivity contribution in [3.8, 4) is 28.7 Å². The standard InChI is InChI=1S/C24H25FN8O5/c1-23(21(35)36-11-8-27)12-37-24(19(28)34,38-13-23)20-32-17(14-2-4-15(25)5-3-14)18(33-20)16-6-9-29-22(31-16)30-10-7-26/h2-6,9H,7,10-13,26H2,1H3,(H2,28,34)(H,32,33)(H,29,30,31). The maximum atomic E-state index is 13.7. The molecule has 0 atom stereocenters. The predicted molar refractivity (Wildman–Crippen MR) is 130 cm³/mol. The summed E-state index contributed by atoms with van der Waals surface area (Å²) < 4.78 is 30.1. The molecular formula is C24H25FN8O5. The number of hydrogen-bond acceptors (Lipinski definition) is 11. The van der Waals surface area contributed by atoms with Crippen molar-refractivity contribution in [2.24, 2.45) is 16.9 Å². The van der Waals surface area contributed by atoms with Crippen LogP contribution in [0.15, 0.2) is 36.5 Å². The Morgan fingerprint density at radius 2 is 1.95 bits per heavy atom. The predicted octanol–water partition coefficient (Wildman–Crippen LogP) is 0.801. The quantitative estimate of drug-likeness (QED) is 0.288. The van der Waals surface area contributed by atoms with Crippen LogP contribution >= 0.6 is 0 Å². The average Bonchev–Trinajstić information content (AvgIpc) is 3.37. The molecule has 0 aliphatic carbocycles. The number of nitrogens with zero attached hydrogens (tertiary/aromatic N) is 4. The molecule has 0 spiro atoms. The number of hydrogen-bond donors (Lipinski definition) is 4. The van der Waals surface area contributed by atoms with E-state index in [0.29, 0.717) is 41.7 Å².